The van der Waals surface area contributed by atoms with Gasteiger partial charge in [-0.1, -0.05) is 98.8 Å². The molecular weight excluding hydrogens is 787 g/mol. The van der Waals surface area contributed by atoms with Gasteiger partial charge in [0, 0.05) is 39.4 Å². The number of carbonyl (C=O) groups is 6. The van der Waals surface area contributed by atoms with Gasteiger partial charge < -0.3 is 43.0 Å². The van der Waals surface area contributed by atoms with Crippen LogP contribution in [0.25, 0.3) is 21.5 Å². The number of carbonyl (C=O) groups excluding carboxylic acids is 6. The Morgan fingerprint density at radius 1 is 0.710 bits per heavy atom. The zero-order valence-corrected chi connectivity index (χ0v) is 36.1. The molecule has 1 saturated heterocycles. The Morgan fingerprint density at radius 3 is 1.76 bits per heavy atom. The van der Waals surface area contributed by atoms with Gasteiger partial charge in [-0.15, -0.1) is 0 Å². The molecule has 9 N–H and O–H groups in total. The van der Waals surface area contributed by atoms with E-state index in [0.29, 0.717) is 32.4 Å². The molecule has 0 aromatic heterocycles. The highest BCUT2D eigenvalue weighted by atomic mass is 16.2. The minimum Gasteiger partial charge on any atom is -0.370 e. The summed E-state index contributed by atoms with van der Waals surface area (Å²) in [5.74, 6) is -3.04. The van der Waals surface area contributed by atoms with E-state index in [9.17, 15) is 28.8 Å². The molecule has 1 aliphatic heterocycles. The Bertz CT molecular complexity index is 2260. The molecule has 15 nitrogen and oxygen atoms in total. The average molecular weight is 848 g/mol. The van der Waals surface area contributed by atoms with Crippen molar-refractivity contribution in [1.29, 1.82) is 0 Å². The predicted molar refractivity (Wildman–Crippen MR) is 241 cm³/mol. The molecule has 0 unspecified atom stereocenters. The van der Waals surface area contributed by atoms with E-state index in [1.807, 2.05) is 98.8 Å². The Kier molecular flexibility index (Phi) is 16.8. The second-order valence-electron chi connectivity index (χ2n) is 16.4. The summed E-state index contributed by atoms with van der Waals surface area (Å²) in [7, 11) is 0. The number of guanidine groups is 1. The van der Waals surface area contributed by atoms with Crippen LogP contribution in [0, 0.1) is 5.92 Å². The van der Waals surface area contributed by atoms with E-state index in [1.54, 1.807) is 6.92 Å². The van der Waals surface area contributed by atoms with Gasteiger partial charge in [0.25, 0.3) is 0 Å². The van der Waals surface area contributed by atoms with Gasteiger partial charge in [-0.3, -0.25) is 33.8 Å². The summed E-state index contributed by atoms with van der Waals surface area (Å²) in [5, 5.41) is 18.2. The number of hydrogen-bond donors (Lipinski definition) is 7. The van der Waals surface area contributed by atoms with Crippen LogP contribution in [-0.2, 0) is 41.6 Å². The van der Waals surface area contributed by atoms with E-state index in [1.165, 1.54) is 11.8 Å². The molecule has 4 aromatic rings. The maximum absolute atomic E-state index is 14.5. The van der Waals surface area contributed by atoms with Gasteiger partial charge in [-0.2, -0.15) is 0 Å². The molecule has 0 bridgehead atoms. The molecule has 1 heterocycles. The quantitative estimate of drug-likeness (QED) is 0.0396. The molecule has 62 heavy (non-hydrogen) atoms. The highest BCUT2D eigenvalue weighted by Crippen LogP contribution is 2.22. The van der Waals surface area contributed by atoms with Crippen molar-refractivity contribution in [3.05, 3.63) is 96.1 Å². The molecule has 15 heteroatoms. The lowest BCUT2D eigenvalue weighted by Gasteiger charge is -2.30. The van der Waals surface area contributed by atoms with Gasteiger partial charge in [-0.25, -0.2) is 0 Å². The van der Waals surface area contributed by atoms with E-state index in [4.69, 9.17) is 11.5 Å². The summed E-state index contributed by atoms with van der Waals surface area (Å²) in [4.78, 5) is 88.1. The van der Waals surface area contributed by atoms with Crippen molar-refractivity contribution in [3.63, 3.8) is 0 Å². The van der Waals surface area contributed by atoms with E-state index in [2.05, 4.69) is 31.6 Å². The first-order valence-corrected chi connectivity index (χ1v) is 21.5. The summed E-state index contributed by atoms with van der Waals surface area (Å²) in [6, 6.07) is 22.2. The van der Waals surface area contributed by atoms with Crippen LogP contribution in [-0.4, -0.2) is 96.1 Å². The number of likely N-dealkylation sites (tertiary alicyclic amines) is 1. The van der Waals surface area contributed by atoms with Crippen molar-refractivity contribution in [3.8, 4) is 0 Å². The molecule has 0 aliphatic carbocycles. The lowest BCUT2D eigenvalue weighted by molar-refractivity contribution is -0.142. The molecule has 5 atom stereocenters. The van der Waals surface area contributed by atoms with Crippen molar-refractivity contribution in [2.24, 2.45) is 22.4 Å². The summed E-state index contributed by atoms with van der Waals surface area (Å²) >= 11 is 0. The van der Waals surface area contributed by atoms with Crippen molar-refractivity contribution in [2.75, 3.05) is 19.6 Å². The third-order valence-corrected chi connectivity index (χ3v) is 10.9. The number of fused-ring (bicyclic) bond motifs is 2. The van der Waals surface area contributed by atoms with Gasteiger partial charge in [0.1, 0.15) is 30.2 Å². The number of nitrogens with two attached hydrogens (primary N) is 2. The molecular formula is C47H61N9O6. The number of aliphatic imine (C=N–C) groups is 1. The van der Waals surface area contributed by atoms with Crippen molar-refractivity contribution in [2.45, 2.75) is 103 Å². The van der Waals surface area contributed by atoms with E-state index in [0.717, 1.165) is 32.7 Å². The van der Waals surface area contributed by atoms with Crippen LogP contribution in [0.1, 0.15) is 70.9 Å². The average Bonchev–Trinajstić information content (AvgIpc) is 3.74. The molecule has 1 fully saturated rings. The van der Waals surface area contributed by atoms with Gasteiger partial charge in [0.15, 0.2) is 5.96 Å². The molecule has 0 saturated carbocycles. The van der Waals surface area contributed by atoms with E-state index < -0.39 is 59.7 Å². The van der Waals surface area contributed by atoms with Crippen LogP contribution < -0.4 is 38.1 Å². The zero-order valence-electron chi connectivity index (χ0n) is 36.1. The first-order chi connectivity index (χ1) is 29.7. The fourth-order valence-corrected chi connectivity index (χ4v) is 7.94. The lowest BCUT2D eigenvalue weighted by atomic mass is 9.98. The van der Waals surface area contributed by atoms with Crippen LogP contribution in [0.5, 0.6) is 0 Å². The Hall–Kier alpha value is -6.51. The Labute approximate surface area is 363 Å². The van der Waals surface area contributed by atoms with Gasteiger partial charge in [-0.05, 0) is 77.6 Å². The largest absolute Gasteiger partial charge is 0.370 e. The maximum Gasteiger partial charge on any atom is 0.245 e. The number of likely N-dealkylation sites (N-methyl/N-ethyl adjacent to an activating group) is 1. The standard InChI is InChI=1S/C47H61N9O6/c1-5-50-45(61)41-17-11-23-56(41)46(62)37(16-10-22-51-47(48)49)53-42(58)38(24-29(2)3)54-44(60)40(28-32-19-21-34-13-7-9-15-36(34)26-32)55-43(59)39(52-30(4)57)27-31-18-20-33-12-6-8-14-35(33)25-31/h6-9,12-15,18-21,25-26,29,37-41H,5,10-11,16-17,22-24,27-28H2,1-4H3,(H,50,61)(H,52,57)(H,53,58)(H,54,60)(H,55,59)(H4,48,49,51)/t37-,38-,39+,40+,41-/m0/s1. The summed E-state index contributed by atoms with van der Waals surface area (Å²) in [6.45, 7) is 7.93. The van der Waals surface area contributed by atoms with Gasteiger partial charge in [0.2, 0.25) is 35.4 Å². The smallest absolute Gasteiger partial charge is 0.245 e. The number of nitrogens with one attached hydrogen (secondary N) is 5. The molecule has 6 amide bonds. The van der Waals surface area contributed by atoms with Crippen molar-refractivity contribution >= 4 is 62.9 Å². The molecule has 330 valence electrons. The highest BCUT2D eigenvalue weighted by Gasteiger charge is 2.38. The minimum absolute atomic E-state index is 0.0672. The number of nitrogens with zero attached hydrogens (tertiary/aromatic N) is 2. The topological polar surface area (TPSA) is 230 Å². The summed E-state index contributed by atoms with van der Waals surface area (Å²) in [5.41, 5.74) is 12.6. The van der Waals surface area contributed by atoms with Crippen molar-refractivity contribution < 1.29 is 28.8 Å². The fraction of sp³-hybridized carbons (Fsp3) is 0.426. The van der Waals surface area contributed by atoms with Crippen LogP contribution in [0.2, 0.25) is 0 Å². The van der Waals surface area contributed by atoms with Crippen molar-refractivity contribution in [1.82, 2.24) is 31.5 Å². The predicted octanol–water partition coefficient (Wildman–Crippen LogP) is 2.96. The first-order valence-electron chi connectivity index (χ1n) is 21.5. The zero-order chi connectivity index (χ0) is 44.8. The summed E-state index contributed by atoms with van der Waals surface area (Å²) < 4.78 is 0. The van der Waals surface area contributed by atoms with E-state index in [-0.39, 0.29) is 50.0 Å². The SMILES string of the molecule is CCNC(=O)[C@@H]1CCCN1C(=O)[C@H](CCCN=C(N)N)NC(=O)[C@H](CC(C)C)NC(=O)[C@@H](Cc1ccc2ccccc2c1)NC(=O)[C@@H](Cc1ccc2ccccc2c1)NC(C)=O. The van der Waals surface area contributed by atoms with Gasteiger partial charge in [0.05, 0.1) is 0 Å². The minimum atomic E-state index is -1.17. The Balaban J connectivity index is 1.41. The van der Waals surface area contributed by atoms with Crippen LogP contribution in [0.3, 0.4) is 0 Å². The fourth-order valence-electron chi connectivity index (χ4n) is 7.94. The molecule has 0 radical (unpaired) electrons. The molecule has 1 aliphatic rings. The molecule has 5 rings (SSSR count). The third-order valence-electron chi connectivity index (χ3n) is 10.9. The molecule has 0 spiro atoms. The maximum atomic E-state index is 14.5. The monoisotopic (exact) mass is 847 g/mol. The van der Waals surface area contributed by atoms with Crippen LogP contribution >= 0.6 is 0 Å². The first kappa shape index (κ1) is 46.6. The number of hydrogen-bond acceptors (Lipinski definition) is 7. The Morgan fingerprint density at radius 2 is 1.23 bits per heavy atom. The second-order valence-corrected chi connectivity index (χ2v) is 16.4. The molecule has 4 aromatic carbocycles. The van der Waals surface area contributed by atoms with Gasteiger partial charge >= 0.3 is 0 Å². The van der Waals surface area contributed by atoms with Crippen LogP contribution in [0.4, 0.5) is 0 Å². The van der Waals surface area contributed by atoms with Crippen LogP contribution in [0.15, 0.2) is 89.9 Å². The normalized spacial score (nSPS) is 15.6. The number of amides is 6. The second kappa shape index (κ2) is 22.4. The third kappa shape index (κ3) is 13.2. The number of benzene rings is 4. The lowest BCUT2D eigenvalue weighted by Crippen LogP contribution is -2.59. The highest BCUT2D eigenvalue weighted by molar-refractivity contribution is 5.97. The van der Waals surface area contributed by atoms with E-state index >= 15 is 0 Å². The summed E-state index contributed by atoms with van der Waals surface area (Å²) in [6.07, 6.45) is 2.09. The number of rotatable bonds is 20.